The molecule has 0 radical (unpaired) electrons. The third-order valence-corrected chi connectivity index (χ3v) is 4.88. The van der Waals surface area contributed by atoms with Crippen LogP contribution < -0.4 is 10.1 Å². The molecular weight excluding hydrogens is 376 g/mol. The highest BCUT2D eigenvalue weighted by molar-refractivity contribution is 5.88. The first-order chi connectivity index (χ1) is 14.2. The lowest BCUT2D eigenvalue weighted by molar-refractivity contribution is -0.140. The maximum absolute atomic E-state index is 13.3. The third kappa shape index (κ3) is 7.21. The Balaban J connectivity index is 2.20. The van der Waals surface area contributed by atoms with Crippen LogP contribution in [0.3, 0.4) is 0 Å². The van der Waals surface area contributed by atoms with Crippen molar-refractivity contribution in [2.24, 2.45) is 0 Å². The number of hydrogen-bond donors (Lipinski definition) is 1. The molecule has 2 rings (SSSR count). The maximum Gasteiger partial charge on any atom is 0.243 e. The lowest BCUT2D eigenvalue weighted by Crippen LogP contribution is -2.54. The molecule has 1 unspecified atom stereocenters. The third-order valence-electron chi connectivity index (χ3n) is 4.88. The van der Waals surface area contributed by atoms with Crippen LogP contribution in [0, 0.1) is 0 Å². The predicted octanol–water partition coefficient (Wildman–Crippen LogP) is 4.00. The number of rotatable bonds is 9. The summed E-state index contributed by atoms with van der Waals surface area (Å²) in [4.78, 5) is 28.0. The molecule has 2 aromatic rings. The Hall–Kier alpha value is -2.82. The van der Waals surface area contributed by atoms with E-state index in [9.17, 15) is 9.59 Å². The Kier molecular flexibility index (Phi) is 8.46. The van der Waals surface area contributed by atoms with E-state index in [0.29, 0.717) is 19.4 Å². The number of nitrogens with one attached hydrogen (secondary N) is 1. The van der Waals surface area contributed by atoms with Crippen LogP contribution in [0.2, 0.25) is 0 Å². The molecule has 0 aliphatic carbocycles. The van der Waals surface area contributed by atoms with E-state index in [1.165, 1.54) is 0 Å². The summed E-state index contributed by atoms with van der Waals surface area (Å²) in [7, 11) is 1.62. The molecule has 30 heavy (non-hydrogen) atoms. The average Bonchev–Trinajstić information content (AvgIpc) is 2.71. The zero-order valence-electron chi connectivity index (χ0n) is 18.8. The lowest BCUT2D eigenvalue weighted by Gasteiger charge is -2.33. The van der Waals surface area contributed by atoms with E-state index >= 15 is 0 Å². The first-order valence-electron chi connectivity index (χ1n) is 10.5. The van der Waals surface area contributed by atoms with Gasteiger partial charge in [-0.3, -0.25) is 9.59 Å². The molecule has 0 saturated heterocycles. The van der Waals surface area contributed by atoms with Crippen LogP contribution in [0.15, 0.2) is 54.6 Å². The number of nitrogens with zero attached hydrogens (tertiary/aromatic N) is 1. The smallest absolute Gasteiger partial charge is 0.243 e. The number of hydrogen-bond acceptors (Lipinski definition) is 3. The van der Waals surface area contributed by atoms with Crippen molar-refractivity contribution in [2.45, 2.75) is 58.5 Å². The van der Waals surface area contributed by atoms with Gasteiger partial charge in [-0.1, -0.05) is 49.4 Å². The molecule has 5 heteroatoms. The van der Waals surface area contributed by atoms with Gasteiger partial charge in [0.25, 0.3) is 0 Å². The normalized spacial score (nSPS) is 12.2. The van der Waals surface area contributed by atoms with Crippen LogP contribution in [0.4, 0.5) is 0 Å². The van der Waals surface area contributed by atoms with Crippen molar-refractivity contribution in [3.05, 3.63) is 65.7 Å². The molecule has 162 valence electrons. The van der Waals surface area contributed by atoms with E-state index in [4.69, 9.17) is 4.74 Å². The van der Waals surface area contributed by atoms with Gasteiger partial charge in [-0.25, -0.2) is 0 Å². The number of ether oxygens (including phenoxy) is 1. The second-order valence-electron chi connectivity index (χ2n) is 8.51. The van der Waals surface area contributed by atoms with E-state index < -0.39 is 6.04 Å². The number of carbonyl (C=O) groups is 2. The molecule has 5 nitrogen and oxygen atoms in total. The van der Waals surface area contributed by atoms with Crippen molar-refractivity contribution in [1.82, 2.24) is 10.2 Å². The van der Waals surface area contributed by atoms with E-state index in [1.54, 1.807) is 12.0 Å². The number of methoxy groups -OCH3 is 1. The molecule has 0 aliphatic heterocycles. The van der Waals surface area contributed by atoms with Gasteiger partial charge in [-0.05, 0) is 56.9 Å². The Morgan fingerprint density at radius 2 is 1.63 bits per heavy atom. The predicted molar refractivity (Wildman–Crippen MR) is 121 cm³/mol. The van der Waals surface area contributed by atoms with Gasteiger partial charge in [-0.15, -0.1) is 0 Å². The van der Waals surface area contributed by atoms with Crippen LogP contribution in [-0.4, -0.2) is 41.9 Å². The monoisotopic (exact) mass is 410 g/mol. The van der Waals surface area contributed by atoms with Gasteiger partial charge in [0.15, 0.2) is 0 Å². The second kappa shape index (κ2) is 10.8. The molecule has 0 aromatic heterocycles. The SMILES string of the molecule is CCC(C(=O)NC(C)(C)C)N(CCc1ccccc1)C(=O)Cc1ccc(OC)cc1. The van der Waals surface area contributed by atoms with Crippen molar-refractivity contribution in [3.8, 4) is 5.75 Å². The highest BCUT2D eigenvalue weighted by Crippen LogP contribution is 2.16. The largest absolute Gasteiger partial charge is 0.497 e. The fourth-order valence-electron chi connectivity index (χ4n) is 3.37. The summed E-state index contributed by atoms with van der Waals surface area (Å²) < 4.78 is 5.19. The van der Waals surface area contributed by atoms with Crippen LogP contribution in [-0.2, 0) is 22.4 Å². The number of carbonyl (C=O) groups excluding carboxylic acids is 2. The molecule has 0 bridgehead atoms. The van der Waals surface area contributed by atoms with Crippen LogP contribution in [0.25, 0.3) is 0 Å². The average molecular weight is 411 g/mol. The van der Waals surface area contributed by atoms with Gasteiger partial charge in [0.05, 0.1) is 13.5 Å². The molecule has 1 N–H and O–H groups in total. The van der Waals surface area contributed by atoms with Gasteiger partial charge >= 0.3 is 0 Å². The molecule has 0 heterocycles. The Labute approximate surface area is 180 Å². The molecule has 1 atom stereocenters. The maximum atomic E-state index is 13.3. The molecule has 0 aliphatic rings. The van der Waals surface area contributed by atoms with E-state index in [2.05, 4.69) is 5.32 Å². The Bertz CT molecular complexity index is 811. The van der Waals surface area contributed by atoms with Gasteiger partial charge in [-0.2, -0.15) is 0 Å². The van der Waals surface area contributed by atoms with Gasteiger partial charge in [0.2, 0.25) is 11.8 Å². The second-order valence-corrected chi connectivity index (χ2v) is 8.51. The molecule has 2 amide bonds. The molecular formula is C25H34N2O3. The summed E-state index contributed by atoms with van der Waals surface area (Å²) in [5.41, 5.74) is 1.69. The number of amides is 2. The Morgan fingerprint density at radius 1 is 1.00 bits per heavy atom. The van der Waals surface area contributed by atoms with Crippen molar-refractivity contribution in [2.75, 3.05) is 13.7 Å². The summed E-state index contributed by atoms with van der Waals surface area (Å²) in [6, 6.07) is 17.0. The first-order valence-corrected chi connectivity index (χ1v) is 10.5. The van der Waals surface area contributed by atoms with E-state index in [1.807, 2.05) is 82.3 Å². The summed E-state index contributed by atoms with van der Waals surface area (Å²) >= 11 is 0. The summed E-state index contributed by atoms with van der Waals surface area (Å²) in [5, 5.41) is 3.03. The lowest BCUT2D eigenvalue weighted by atomic mass is 10.0. The van der Waals surface area contributed by atoms with Crippen molar-refractivity contribution < 1.29 is 14.3 Å². The highest BCUT2D eigenvalue weighted by Gasteiger charge is 2.30. The minimum atomic E-state index is -0.501. The van der Waals surface area contributed by atoms with Crippen molar-refractivity contribution in [1.29, 1.82) is 0 Å². The quantitative estimate of drug-likeness (QED) is 0.680. The number of benzene rings is 2. The fraction of sp³-hybridized carbons (Fsp3) is 0.440. The summed E-state index contributed by atoms with van der Waals surface area (Å²) in [6.45, 7) is 8.29. The van der Waals surface area contributed by atoms with E-state index in [-0.39, 0.29) is 23.8 Å². The molecule has 0 spiro atoms. The summed E-state index contributed by atoms with van der Waals surface area (Å²) in [5.74, 6) is 0.594. The van der Waals surface area contributed by atoms with Gasteiger partial charge < -0.3 is 15.0 Å². The van der Waals surface area contributed by atoms with Crippen LogP contribution in [0.5, 0.6) is 5.75 Å². The zero-order chi connectivity index (χ0) is 22.1. The van der Waals surface area contributed by atoms with Crippen molar-refractivity contribution >= 4 is 11.8 Å². The standard InChI is InChI=1S/C25H34N2O3/c1-6-22(24(29)26-25(2,3)4)27(17-16-19-10-8-7-9-11-19)23(28)18-20-12-14-21(30-5)15-13-20/h7-15,22H,6,16-18H2,1-5H3,(H,26,29). The highest BCUT2D eigenvalue weighted by atomic mass is 16.5. The minimum Gasteiger partial charge on any atom is -0.497 e. The molecule has 0 saturated carbocycles. The minimum absolute atomic E-state index is 0.0491. The molecule has 0 fully saturated rings. The van der Waals surface area contributed by atoms with E-state index in [0.717, 1.165) is 16.9 Å². The van der Waals surface area contributed by atoms with Crippen molar-refractivity contribution in [3.63, 3.8) is 0 Å². The Morgan fingerprint density at radius 3 is 2.17 bits per heavy atom. The first kappa shape index (κ1) is 23.5. The summed E-state index contributed by atoms with van der Waals surface area (Å²) in [6.07, 6.45) is 1.51. The van der Waals surface area contributed by atoms with Gasteiger partial charge in [0.1, 0.15) is 11.8 Å². The fourth-order valence-corrected chi connectivity index (χ4v) is 3.37. The molecule has 2 aromatic carbocycles. The van der Waals surface area contributed by atoms with Gasteiger partial charge in [0, 0.05) is 12.1 Å². The zero-order valence-corrected chi connectivity index (χ0v) is 18.8. The van der Waals surface area contributed by atoms with Crippen LogP contribution >= 0.6 is 0 Å². The topological polar surface area (TPSA) is 58.6 Å². The van der Waals surface area contributed by atoms with Crippen LogP contribution in [0.1, 0.15) is 45.2 Å².